The van der Waals surface area contributed by atoms with Gasteiger partial charge in [-0.2, -0.15) is 0 Å². The summed E-state index contributed by atoms with van der Waals surface area (Å²) in [6.45, 7) is 13.9. The monoisotopic (exact) mass is 1050 g/mol. The van der Waals surface area contributed by atoms with E-state index in [2.05, 4.69) is 116 Å². The van der Waals surface area contributed by atoms with Crippen molar-refractivity contribution < 1.29 is 28.0 Å². The molecule has 0 aromatic carbocycles. The molecule has 1 unspecified atom stereocenters. The number of hydrogen-bond donors (Lipinski definition) is 2. The van der Waals surface area contributed by atoms with E-state index < -0.39 is 15.2 Å². The van der Waals surface area contributed by atoms with Crippen molar-refractivity contribution in [3.63, 3.8) is 0 Å². The molecule has 0 aliphatic heterocycles. The standard InChI is InChI=1S/C65H116N2O6S/c1-7-11-14-17-20-23-26-29-32-35-38-41-44-47-50-53-62(5)71-59-65(66-57-58-74(6,70)67-56-10-4,60-72-63(68)54-51-48-45-42-39-36-33-30-27-24-21-18-15-12-8-2)61-73-64(69)55-52-49-46-43-40-37-34-31-28-25-22-19-16-13-9-3/h20-25,29-34,66H,5-19,26-28,35-61H2,1-4H3,(H,67,70)/b23-20-,24-21-,25-22-,32-29-,33-30-,34-31-. The summed E-state index contributed by atoms with van der Waals surface area (Å²) in [5.41, 5.74) is -1.07. The van der Waals surface area contributed by atoms with E-state index in [-0.39, 0.29) is 37.5 Å². The summed E-state index contributed by atoms with van der Waals surface area (Å²) in [5.74, 6) is 4.30. The first-order valence-corrected chi connectivity index (χ1v) is 32.4. The molecule has 74 heavy (non-hydrogen) atoms. The number of unbranched alkanes of at least 4 members (excludes halogenated alkanes) is 24. The number of allylic oxidation sites excluding steroid dienone is 13. The Morgan fingerprint density at radius 3 is 1.11 bits per heavy atom. The number of rotatable bonds is 56. The predicted octanol–water partition coefficient (Wildman–Crippen LogP) is 18.0. The summed E-state index contributed by atoms with van der Waals surface area (Å²) in [6.07, 6.45) is 66.9. The zero-order valence-corrected chi connectivity index (χ0v) is 49.4. The van der Waals surface area contributed by atoms with Crippen LogP contribution in [0.5, 0.6) is 0 Å². The van der Waals surface area contributed by atoms with E-state index in [1.165, 1.54) is 89.9 Å². The lowest BCUT2D eigenvalue weighted by Crippen LogP contribution is -2.58. The molecule has 0 fully saturated rings. The van der Waals surface area contributed by atoms with E-state index >= 15 is 0 Å². The molecule has 428 valence electrons. The molecule has 1 atom stereocenters. The number of nitrogens with one attached hydrogen (secondary N) is 2. The topological polar surface area (TPSA) is 103 Å². The van der Waals surface area contributed by atoms with E-state index in [0.717, 1.165) is 128 Å². The van der Waals surface area contributed by atoms with Gasteiger partial charge in [-0.05, 0) is 128 Å². The fourth-order valence-corrected chi connectivity index (χ4v) is 9.46. The Balaban J connectivity index is 5.37. The molecule has 9 heteroatoms. The first-order chi connectivity index (χ1) is 36.1. The third kappa shape index (κ3) is 51.0. The highest BCUT2D eigenvalue weighted by atomic mass is 32.2. The molecular formula is C65H116N2O6S. The Bertz CT molecular complexity index is 1440. The molecule has 0 bridgehead atoms. The molecule has 0 aliphatic rings. The van der Waals surface area contributed by atoms with E-state index in [1.54, 1.807) is 0 Å². The summed E-state index contributed by atoms with van der Waals surface area (Å²) in [6, 6.07) is 0. The summed E-state index contributed by atoms with van der Waals surface area (Å²) in [4.78, 5) is 26.6. The van der Waals surface area contributed by atoms with Crippen LogP contribution >= 0.6 is 0 Å². The van der Waals surface area contributed by atoms with Crippen LogP contribution < -0.4 is 10.0 Å². The van der Waals surface area contributed by atoms with Gasteiger partial charge in [0.05, 0.1) is 5.76 Å². The fourth-order valence-electron chi connectivity index (χ4n) is 8.31. The average Bonchev–Trinajstić information content (AvgIpc) is 3.39. The molecule has 0 aromatic rings. The molecule has 0 radical (unpaired) electrons. The summed E-state index contributed by atoms with van der Waals surface area (Å²) in [5, 5.41) is 3.49. The van der Waals surface area contributed by atoms with Crippen molar-refractivity contribution in [2.45, 2.75) is 271 Å². The zero-order chi connectivity index (χ0) is 54.2. The van der Waals surface area contributed by atoms with E-state index in [4.69, 9.17) is 14.2 Å². The van der Waals surface area contributed by atoms with Crippen molar-refractivity contribution in [2.24, 2.45) is 0 Å². The second kappa shape index (κ2) is 54.6. The highest BCUT2D eigenvalue weighted by Crippen LogP contribution is 2.18. The number of ether oxygens (including phenoxy) is 3. The van der Waals surface area contributed by atoms with Crippen LogP contribution in [0, 0.1) is 0 Å². The number of carbonyl (C=O) groups is 2. The maximum Gasteiger partial charge on any atom is 0.305 e. The first-order valence-electron chi connectivity index (χ1n) is 30.5. The third-order valence-corrected chi connectivity index (χ3v) is 14.8. The third-order valence-electron chi connectivity index (χ3n) is 13.2. The normalized spacial score (nSPS) is 13.2. The van der Waals surface area contributed by atoms with Crippen LogP contribution in [-0.2, 0) is 33.5 Å². The van der Waals surface area contributed by atoms with Crippen molar-refractivity contribution in [3.8, 4) is 0 Å². The molecule has 0 spiro atoms. The lowest BCUT2D eigenvalue weighted by molar-refractivity contribution is -0.153. The summed E-state index contributed by atoms with van der Waals surface area (Å²) >= 11 is 0. The van der Waals surface area contributed by atoms with Gasteiger partial charge in [-0.25, -0.2) is 4.72 Å². The smallest absolute Gasteiger partial charge is 0.305 e. The van der Waals surface area contributed by atoms with Crippen LogP contribution in [0.1, 0.15) is 265 Å². The Kier molecular flexibility index (Phi) is 52.3. The largest absolute Gasteiger partial charge is 0.496 e. The molecule has 0 heterocycles. The molecule has 2 N–H and O–H groups in total. The maximum absolute atomic E-state index is 13.3. The van der Waals surface area contributed by atoms with Crippen molar-refractivity contribution in [3.05, 3.63) is 85.3 Å². The van der Waals surface area contributed by atoms with Gasteiger partial charge in [0.25, 0.3) is 0 Å². The Morgan fingerprint density at radius 2 is 0.743 bits per heavy atom. The van der Waals surface area contributed by atoms with Gasteiger partial charge in [-0.3, -0.25) is 13.8 Å². The minimum absolute atomic E-state index is 0.0548. The van der Waals surface area contributed by atoms with Gasteiger partial charge in [0, 0.05) is 47.8 Å². The molecule has 0 aliphatic carbocycles. The minimum atomic E-state index is -2.56. The highest BCUT2D eigenvalue weighted by Gasteiger charge is 2.35. The van der Waals surface area contributed by atoms with Crippen LogP contribution in [-0.4, -0.2) is 66.2 Å². The van der Waals surface area contributed by atoms with E-state index in [1.807, 2.05) is 6.92 Å². The van der Waals surface area contributed by atoms with Crippen molar-refractivity contribution in [1.82, 2.24) is 10.0 Å². The molecule has 8 nitrogen and oxygen atoms in total. The van der Waals surface area contributed by atoms with E-state index in [0.29, 0.717) is 38.1 Å². The second-order valence-corrected chi connectivity index (χ2v) is 23.0. The minimum Gasteiger partial charge on any atom is -0.496 e. The first kappa shape index (κ1) is 70.9. The maximum atomic E-state index is 13.3. The van der Waals surface area contributed by atoms with Crippen molar-refractivity contribution in [2.75, 3.05) is 38.7 Å². The van der Waals surface area contributed by atoms with Gasteiger partial charge in [-0.15, -0.1) is 0 Å². The van der Waals surface area contributed by atoms with Gasteiger partial charge in [-0.1, -0.05) is 203 Å². The molecular weight excluding hydrogens is 937 g/mol. The Hall–Kier alpha value is -3.14. The van der Waals surface area contributed by atoms with E-state index in [9.17, 15) is 13.8 Å². The van der Waals surface area contributed by atoms with Gasteiger partial charge in [0.2, 0.25) is 0 Å². The number of esters is 2. The SMILES string of the molecule is C=C(CCCCCCC/C=C\C/C=C\CCCCC)OCC(COC(=O)CCCCCCC/C=C\C/C=C\CCCCC)(COC(=O)CCCCCCC/C=C\C/C=C\CCCCC)NCCS(=C)(=O)NCCC. The van der Waals surface area contributed by atoms with Gasteiger partial charge in [0.15, 0.2) is 0 Å². The van der Waals surface area contributed by atoms with Crippen LogP contribution in [0.2, 0.25) is 0 Å². The van der Waals surface area contributed by atoms with Crippen LogP contribution in [0.4, 0.5) is 0 Å². The molecule has 0 amide bonds. The Morgan fingerprint density at radius 1 is 0.419 bits per heavy atom. The summed E-state index contributed by atoms with van der Waals surface area (Å²) < 4.78 is 34.7. The predicted molar refractivity (Wildman–Crippen MR) is 324 cm³/mol. The lowest BCUT2D eigenvalue weighted by Gasteiger charge is -2.34. The Labute approximate surface area is 458 Å². The molecule has 0 saturated heterocycles. The zero-order valence-electron chi connectivity index (χ0n) is 48.6. The second-order valence-electron chi connectivity index (χ2n) is 20.7. The van der Waals surface area contributed by atoms with Gasteiger partial charge in [0.1, 0.15) is 25.4 Å². The van der Waals surface area contributed by atoms with Crippen molar-refractivity contribution in [1.29, 1.82) is 0 Å². The van der Waals surface area contributed by atoms with Crippen LogP contribution in [0.25, 0.3) is 0 Å². The molecule has 0 saturated carbocycles. The highest BCUT2D eigenvalue weighted by molar-refractivity contribution is 7.98. The average molecular weight is 1050 g/mol. The van der Waals surface area contributed by atoms with Crippen LogP contribution in [0.15, 0.2) is 85.3 Å². The van der Waals surface area contributed by atoms with Gasteiger partial charge < -0.3 is 19.5 Å². The van der Waals surface area contributed by atoms with Crippen molar-refractivity contribution >= 4 is 27.5 Å². The number of hydrogen-bond acceptors (Lipinski definition) is 7. The molecule has 0 rings (SSSR count). The lowest BCUT2D eigenvalue weighted by atomic mass is 10.0. The summed E-state index contributed by atoms with van der Waals surface area (Å²) in [7, 11) is -2.56. The van der Waals surface area contributed by atoms with Crippen LogP contribution in [0.3, 0.4) is 0 Å². The molecule has 0 aromatic heterocycles. The van der Waals surface area contributed by atoms with Gasteiger partial charge >= 0.3 is 11.9 Å². The fraction of sp³-hybridized carbons (Fsp3) is 0.738. The number of carbonyl (C=O) groups excluding carboxylic acids is 2. The quantitative estimate of drug-likeness (QED) is 0.0206.